The number of esters is 1. The molecule has 0 fully saturated rings. The molecule has 0 aliphatic heterocycles. The minimum absolute atomic E-state index is 0.0677. The number of carbonyl (C=O) groups is 2. The largest absolute Gasteiger partial charge is 0.462 e. The molecule has 1 amide bonds. The van der Waals surface area contributed by atoms with Crippen LogP contribution in [0.2, 0.25) is 0 Å². The Balaban J connectivity index is 4.55. The first-order valence-corrected chi connectivity index (χ1v) is 26.2. The van der Waals surface area contributed by atoms with Gasteiger partial charge in [0.25, 0.3) is 0 Å². The van der Waals surface area contributed by atoms with E-state index >= 15 is 0 Å². The van der Waals surface area contributed by atoms with E-state index < -0.39 is 18.2 Å². The molecule has 3 N–H and O–H groups in total. The summed E-state index contributed by atoms with van der Waals surface area (Å²) in [5.41, 5.74) is 0. The summed E-state index contributed by atoms with van der Waals surface area (Å²) in [4.78, 5) is 26.1. The third-order valence-electron chi connectivity index (χ3n) is 12.0. The van der Waals surface area contributed by atoms with Crippen LogP contribution in [0.3, 0.4) is 0 Å². The molecule has 0 aliphatic rings. The zero-order chi connectivity index (χ0) is 43.8. The molecule has 0 radical (unpaired) electrons. The lowest BCUT2D eigenvalue weighted by molar-refractivity contribution is -0.151. The van der Waals surface area contributed by atoms with E-state index in [1.165, 1.54) is 141 Å². The number of allylic oxidation sites excluding steroid dienone is 6. The standard InChI is InChI=1S/C54H101NO5/c1-4-7-10-13-16-19-22-25-26-27-29-32-35-38-41-44-47-54(59)60-50(45-42-39-36-33-30-28-23-20-17-14-11-8-5-2)48-53(58)55-51(49-56)52(57)46-43-40-37-34-31-24-21-18-15-12-9-6-3/h8,11,14,17,20,23,50-52,56-57H,4-7,9-10,12-13,15-16,18-19,21-22,24-49H2,1-3H3,(H,55,58)/b11-8+,17-14+,23-20+. The molecule has 0 aromatic heterocycles. The zero-order valence-corrected chi connectivity index (χ0v) is 40.1. The summed E-state index contributed by atoms with van der Waals surface area (Å²) < 4.78 is 5.93. The fourth-order valence-corrected chi connectivity index (χ4v) is 8.08. The van der Waals surface area contributed by atoms with Crippen LogP contribution < -0.4 is 5.32 Å². The van der Waals surface area contributed by atoms with Crippen molar-refractivity contribution in [3.8, 4) is 0 Å². The van der Waals surface area contributed by atoms with E-state index in [9.17, 15) is 19.8 Å². The fraction of sp³-hybridized carbons (Fsp3) is 0.852. The number of aliphatic hydroxyl groups excluding tert-OH is 2. The first kappa shape index (κ1) is 58.1. The molecule has 0 bridgehead atoms. The normalized spacial score (nSPS) is 13.5. The van der Waals surface area contributed by atoms with Gasteiger partial charge in [-0.2, -0.15) is 0 Å². The molecule has 3 unspecified atom stereocenters. The second kappa shape index (κ2) is 48.1. The van der Waals surface area contributed by atoms with Crippen LogP contribution in [0, 0.1) is 0 Å². The Hall–Kier alpha value is -1.92. The van der Waals surface area contributed by atoms with Crippen molar-refractivity contribution in [2.45, 2.75) is 289 Å². The zero-order valence-electron chi connectivity index (χ0n) is 40.1. The molecule has 0 aromatic carbocycles. The summed E-state index contributed by atoms with van der Waals surface area (Å²) in [6.45, 7) is 6.36. The van der Waals surface area contributed by atoms with Crippen molar-refractivity contribution < 1.29 is 24.5 Å². The maximum Gasteiger partial charge on any atom is 0.306 e. The van der Waals surface area contributed by atoms with Crippen LogP contribution in [-0.4, -0.2) is 46.9 Å². The summed E-state index contributed by atoms with van der Waals surface area (Å²) in [6.07, 6.45) is 56.3. The van der Waals surface area contributed by atoms with Gasteiger partial charge >= 0.3 is 5.97 Å². The van der Waals surface area contributed by atoms with Crippen LogP contribution in [-0.2, 0) is 14.3 Å². The number of aliphatic hydroxyl groups is 2. The number of unbranched alkanes of at least 4 members (excludes halogenated alkanes) is 31. The van der Waals surface area contributed by atoms with Crippen LogP contribution in [0.1, 0.15) is 271 Å². The lowest BCUT2D eigenvalue weighted by Gasteiger charge is -2.24. The van der Waals surface area contributed by atoms with Gasteiger partial charge < -0.3 is 20.3 Å². The number of carbonyl (C=O) groups excluding carboxylic acids is 2. The predicted molar refractivity (Wildman–Crippen MR) is 259 cm³/mol. The van der Waals surface area contributed by atoms with Crippen molar-refractivity contribution in [3.63, 3.8) is 0 Å². The Bertz CT molecular complexity index is 993. The van der Waals surface area contributed by atoms with E-state index in [2.05, 4.69) is 62.5 Å². The van der Waals surface area contributed by atoms with Crippen LogP contribution in [0.4, 0.5) is 0 Å². The molecule has 0 aliphatic carbocycles. The number of nitrogens with one attached hydrogen (secondary N) is 1. The molecule has 6 heteroatoms. The number of hydrogen-bond acceptors (Lipinski definition) is 5. The highest BCUT2D eigenvalue weighted by Crippen LogP contribution is 2.18. The fourth-order valence-electron chi connectivity index (χ4n) is 8.08. The van der Waals surface area contributed by atoms with Gasteiger partial charge in [0.05, 0.1) is 25.2 Å². The monoisotopic (exact) mass is 844 g/mol. The Labute approximate surface area is 373 Å². The van der Waals surface area contributed by atoms with Crippen molar-refractivity contribution in [1.29, 1.82) is 0 Å². The maximum absolute atomic E-state index is 13.2. The van der Waals surface area contributed by atoms with E-state index in [0.717, 1.165) is 83.5 Å². The van der Waals surface area contributed by atoms with Crippen molar-refractivity contribution >= 4 is 11.9 Å². The van der Waals surface area contributed by atoms with Crippen LogP contribution in [0.5, 0.6) is 0 Å². The Morgan fingerprint density at radius 1 is 0.500 bits per heavy atom. The molecule has 0 heterocycles. The molecule has 3 atom stereocenters. The first-order valence-electron chi connectivity index (χ1n) is 26.2. The van der Waals surface area contributed by atoms with Gasteiger partial charge in [-0.05, 0) is 44.9 Å². The van der Waals surface area contributed by atoms with Crippen molar-refractivity contribution in [3.05, 3.63) is 36.5 Å². The maximum atomic E-state index is 13.2. The molecule has 0 aromatic rings. The molecule has 0 spiro atoms. The number of amides is 1. The summed E-state index contributed by atoms with van der Waals surface area (Å²) in [5.74, 6) is -0.482. The Morgan fingerprint density at radius 2 is 0.900 bits per heavy atom. The average Bonchev–Trinajstić information content (AvgIpc) is 3.24. The predicted octanol–water partition coefficient (Wildman–Crippen LogP) is 15.7. The third-order valence-corrected chi connectivity index (χ3v) is 12.0. The second-order valence-corrected chi connectivity index (χ2v) is 18.0. The third kappa shape index (κ3) is 42.8. The van der Waals surface area contributed by atoms with Gasteiger partial charge in [-0.15, -0.1) is 0 Å². The Kier molecular flexibility index (Phi) is 46.6. The quantitative estimate of drug-likeness (QED) is 0.0322. The lowest BCUT2D eigenvalue weighted by Crippen LogP contribution is -2.46. The van der Waals surface area contributed by atoms with Gasteiger partial charge in [0, 0.05) is 6.42 Å². The molecule has 6 nitrogen and oxygen atoms in total. The molecule has 0 saturated heterocycles. The van der Waals surface area contributed by atoms with E-state index in [1.54, 1.807) is 0 Å². The Morgan fingerprint density at radius 3 is 1.35 bits per heavy atom. The smallest absolute Gasteiger partial charge is 0.306 e. The van der Waals surface area contributed by atoms with E-state index in [1.807, 2.05) is 0 Å². The minimum atomic E-state index is -0.790. The van der Waals surface area contributed by atoms with Gasteiger partial charge in [-0.3, -0.25) is 9.59 Å². The summed E-state index contributed by atoms with van der Waals surface area (Å²) in [5, 5.41) is 23.8. The van der Waals surface area contributed by atoms with Gasteiger partial charge in [0.1, 0.15) is 6.10 Å². The van der Waals surface area contributed by atoms with Crippen molar-refractivity contribution in [1.82, 2.24) is 5.32 Å². The summed E-state index contributed by atoms with van der Waals surface area (Å²) in [7, 11) is 0. The molecule has 352 valence electrons. The van der Waals surface area contributed by atoms with Gasteiger partial charge in [-0.25, -0.2) is 0 Å². The minimum Gasteiger partial charge on any atom is -0.462 e. The highest BCUT2D eigenvalue weighted by molar-refractivity contribution is 5.77. The van der Waals surface area contributed by atoms with Crippen LogP contribution in [0.15, 0.2) is 36.5 Å². The summed E-state index contributed by atoms with van der Waals surface area (Å²) in [6, 6.07) is -0.705. The number of hydrogen-bond donors (Lipinski definition) is 3. The molecule has 60 heavy (non-hydrogen) atoms. The van der Waals surface area contributed by atoms with E-state index in [4.69, 9.17) is 4.74 Å². The molecule has 0 saturated carbocycles. The van der Waals surface area contributed by atoms with Gasteiger partial charge in [0.2, 0.25) is 5.91 Å². The first-order chi connectivity index (χ1) is 29.5. The lowest BCUT2D eigenvalue weighted by atomic mass is 10.0. The van der Waals surface area contributed by atoms with Gasteiger partial charge in [0.15, 0.2) is 0 Å². The summed E-state index contributed by atoms with van der Waals surface area (Å²) >= 11 is 0. The van der Waals surface area contributed by atoms with Crippen molar-refractivity contribution in [2.24, 2.45) is 0 Å². The van der Waals surface area contributed by atoms with E-state index in [-0.39, 0.29) is 24.9 Å². The van der Waals surface area contributed by atoms with Crippen LogP contribution in [0.25, 0.3) is 0 Å². The van der Waals surface area contributed by atoms with Crippen molar-refractivity contribution in [2.75, 3.05) is 6.61 Å². The number of rotatable bonds is 47. The highest BCUT2D eigenvalue weighted by Gasteiger charge is 2.24. The van der Waals surface area contributed by atoms with Crippen LogP contribution >= 0.6 is 0 Å². The molecular formula is C54H101NO5. The number of ether oxygens (including phenoxy) is 1. The topological polar surface area (TPSA) is 95.9 Å². The second-order valence-electron chi connectivity index (χ2n) is 18.0. The van der Waals surface area contributed by atoms with Gasteiger partial charge in [-0.1, -0.05) is 250 Å². The molecular weight excluding hydrogens is 743 g/mol. The SMILES string of the molecule is CC/C=C/C=C/C=C/CCCCCCCC(CC(=O)NC(CO)C(O)CCCCCCCCCCCCCC)OC(=O)CCCCCCCCCCCCCCCCCC. The molecule has 0 rings (SSSR count). The highest BCUT2D eigenvalue weighted by atomic mass is 16.5. The average molecular weight is 844 g/mol. The van der Waals surface area contributed by atoms with E-state index in [0.29, 0.717) is 19.3 Å².